The van der Waals surface area contributed by atoms with Gasteiger partial charge in [0.05, 0.1) is 23.3 Å². The molecule has 2 amide bonds. The van der Waals surface area contributed by atoms with E-state index in [1.165, 1.54) is 19.2 Å². The van der Waals surface area contributed by atoms with Crippen molar-refractivity contribution in [3.8, 4) is 22.8 Å². The van der Waals surface area contributed by atoms with Crippen molar-refractivity contribution in [2.75, 3.05) is 12.9 Å². The van der Waals surface area contributed by atoms with Crippen LogP contribution in [0.4, 0.5) is 0 Å². The highest BCUT2D eigenvalue weighted by Gasteiger charge is 2.19. The van der Waals surface area contributed by atoms with Gasteiger partial charge in [0.15, 0.2) is 11.0 Å². The summed E-state index contributed by atoms with van der Waals surface area (Å²) in [5, 5.41) is 14.2. The second kappa shape index (κ2) is 11.2. The van der Waals surface area contributed by atoms with Crippen molar-refractivity contribution < 1.29 is 22.7 Å². The number of rotatable bonds is 8. The zero-order chi connectivity index (χ0) is 26.4. The number of carbonyl (C=O) groups excluding carboxylic acids is 2. The van der Waals surface area contributed by atoms with E-state index in [0.29, 0.717) is 11.0 Å². The molecule has 190 valence electrons. The quantitative estimate of drug-likeness (QED) is 0.227. The maximum atomic E-state index is 12.6. The van der Waals surface area contributed by atoms with Gasteiger partial charge in [0.1, 0.15) is 5.75 Å². The average Bonchev–Trinajstić information content (AvgIpc) is 3.34. The zero-order valence-electron chi connectivity index (χ0n) is 19.5. The summed E-state index contributed by atoms with van der Waals surface area (Å²) in [7, 11) is -2.72. The van der Waals surface area contributed by atoms with Crippen LogP contribution in [0, 0.1) is 0 Å². The van der Waals surface area contributed by atoms with Crippen molar-refractivity contribution in [3.05, 3.63) is 84.4 Å². The van der Waals surface area contributed by atoms with E-state index in [-0.39, 0.29) is 22.0 Å². The Hall–Kier alpha value is -4.20. The van der Waals surface area contributed by atoms with Gasteiger partial charge in [-0.15, -0.1) is 10.2 Å². The molecule has 1 aromatic heterocycles. The first kappa shape index (κ1) is 25.9. The van der Waals surface area contributed by atoms with Crippen LogP contribution in [-0.4, -0.2) is 47.9 Å². The minimum atomic E-state index is -4.04. The SMILES string of the molecule is COc1ccc(S(N)(=O)=O)cc1C(=O)NNC(=O)CSc1nnc(-c2ccccc2)n1-c1ccccc1. The van der Waals surface area contributed by atoms with Crippen LogP contribution in [0.3, 0.4) is 0 Å². The lowest BCUT2D eigenvalue weighted by Gasteiger charge is -2.12. The van der Waals surface area contributed by atoms with E-state index in [2.05, 4.69) is 21.0 Å². The van der Waals surface area contributed by atoms with Crippen molar-refractivity contribution in [1.82, 2.24) is 25.6 Å². The molecule has 37 heavy (non-hydrogen) atoms. The van der Waals surface area contributed by atoms with Crippen molar-refractivity contribution in [3.63, 3.8) is 0 Å². The Balaban J connectivity index is 1.47. The Morgan fingerprint density at radius 2 is 1.65 bits per heavy atom. The fourth-order valence-electron chi connectivity index (χ4n) is 3.35. The van der Waals surface area contributed by atoms with Crippen LogP contribution < -0.4 is 20.7 Å². The Morgan fingerprint density at radius 1 is 0.973 bits per heavy atom. The number of hydrogen-bond acceptors (Lipinski definition) is 8. The number of carbonyl (C=O) groups is 2. The third-order valence-electron chi connectivity index (χ3n) is 5.07. The topological polar surface area (TPSA) is 158 Å². The monoisotopic (exact) mass is 538 g/mol. The number of nitrogens with zero attached hydrogens (tertiary/aromatic N) is 3. The van der Waals surface area contributed by atoms with E-state index in [1.807, 2.05) is 65.2 Å². The molecule has 0 spiro atoms. The lowest BCUT2D eigenvalue weighted by Crippen LogP contribution is -2.42. The molecule has 0 fully saturated rings. The fraction of sp³-hybridized carbons (Fsp3) is 0.0833. The Kier molecular flexibility index (Phi) is 7.86. The van der Waals surface area contributed by atoms with Crippen LogP contribution in [-0.2, 0) is 14.8 Å². The molecule has 11 nitrogen and oxygen atoms in total. The fourth-order valence-corrected chi connectivity index (χ4v) is 4.64. The molecule has 0 saturated carbocycles. The largest absolute Gasteiger partial charge is 0.496 e. The molecule has 3 aromatic carbocycles. The number of thioether (sulfide) groups is 1. The molecule has 0 radical (unpaired) electrons. The molecular weight excluding hydrogens is 516 g/mol. The highest BCUT2D eigenvalue weighted by Crippen LogP contribution is 2.27. The standard InChI is InChI=1S/C24H22N6O5S2/c1-35-20-13-12-18(37(25,33)34)14-19(20)23(32)28-26-21(31)15-36-24-29-27-22(16-8-4-2-5-9-16)30(24)17-10-6-3-7-11-17/h2-14H,15H2,1H3,(H,26,31)(H,28,32)(H2,25,33,34). The van der Waals surface area contributed by atoms with Gasteiger partial charge in [0.25, 0.3) is 5.91 Å². The minimum Gasteiger partial charge on any atom is -0.496 e. The van der Waals surface area contributed by atoms with Crippen molar-refractivity contribution >= 4 is 33.6 Å². The average molecular weight is 539 g/mol. The summed E-state index contributed by atoms with van der Waals surface area (Å²) in [5.74, 6) is -0.667. The molecule has 0 aliphatic rings. The van der Waals surface area contributed by atoms with Gasteiger partial charge in [-0.25, -0.2) is 13.6 Å². The minimum absolute atomic E-state index is 0.0889. The van der Waals surface area contributed by atoms with E-state index in [0.717, 1.165) is 29.1 Å². The number of amides is 2. The number of sulfonamides is 1. The third-order valence-corrected chi connectivity index (χ3v) is 6.91. The van der Waals surface area contributed by atoms with Gasteiger partial charge in [0, 0.05) is 11.3 Å². The lowest BCUT2D eigenvalue weighted by molar-refractivity contribution is -0.119. The molecule has 4 aromatic rings. The first-order valence-electron chi connectivity index (χ1n) is 10.8. The molecule has 0 saturated heterocycles. The number of hydrazine groups is 1. The van der Waals surface area contributed by atoms with Crippen LogP contribution in [0.5, 0.6) is 5.75 Å². The molecule has 0 atom stereocenters. The van der Waals surface area contributed by atoms with E-state index in [9.17, 15) is 18.0 Å². The molecule has 4 rings (SSSR count). The van der Waals surface area contributed by atoms with Gasteiger partial charge < -0.3 is 4.74 Å². The van der Waals surface area contributed by atoms with Gasteiger partial charge in [-0.3, -0.25) is 25.0 Å². The number of methoxy groups -OCH3 is 1. The third kappa shape index (κ3) is 6.14. The summed E-state index contributed by atoms with van der Waals surface area (Å²) >= 11 is 1.13. The van der Waals surface area contributed by atoms with E-state index in [4.69, 9.17) is 9.88 Å². The lowest BCUT2D eigenvalue weighted by atomic mass is 10.2. The number of nitrogens with two attached hydrogens (primary N) is 1. The number of nitrogens with one attached hydrogen (secondary N) is 2. The van der Waals surface area contributed by atoms with E-state index >= 15 is 0 Å². The van der Waals surface area contributed by atoms with Crippen LogP contribution in [0.25, 0.3) is 17.1 Å². The number of aromatic nitrogens is 3. The van der Waals surface area contributed by atoms with Gasteiger partial charge in [0.2, 0.25) is 15.9 Å². The molecular formula is C24H22N6O5S2. The number of para-hydroxylation sites is 1. The summed E-state index contributed by atoms with van der Waals surface area (Å²) < 4.78 is 30.2. The first-order valence-corrected chi connectivity index (χ1v) is 13.3. The maximum Gasteiger partial charge on any atom is 0.273 e. The highest BCUT2D eigenvalue weighted by atomic mass is 32.2. The predicted molar refractivity (Wildman–Crippen MR) is 137 cm³/mol. The second-order valence-corrected chi connectivity index (χ2v) is 10.0. The van der Waals surface area contributed by atoms with Crippen LogP contribution in [0.1, 0.15) is 10.4 Å². The molecule has 1 heterocycles. The van der Waals surface area contributed by atoms with E-state index in [1.54, 1.807) is 0 Å². The van der Waals surface area contributed by atoms with Gasteiger partial charge in [-0.05, 0) is 30.3 Å². The number of benzene rings is 3. The Labute approximate surface area is 217 Å². The summed E-state index contributed by atoms with van der Waals surface area (Å²) in [5.41, 5.74) is 6.13. The smallest absolute Gasteiger partial charge is 0.273 e. The first-order chi connectivity index (χ1) is 17.8. The van der Waals surface area contributed by atoms with Crippen LogP contribution in [0.15, 0.2) is 88.9 Å². The summed E-state index contributed by atoms with van der Waals surface area (Å²) in [6, 6.07) is 22.6. The number of ether oxygens (including phenoxy) is 1. The molecule has 13 heteroatoms. The van der Waals surface area contributed by atoms with Crippen LogP contribution in [0.2, 0.25) is 0 Å². The summed E-state index contributed by atoms with van der Waals surface area (Å²) in [6.45, 7) is 0. The van der Waals surface area contributed by atoms with Gasteiger partial charge in [-0.2, -0.15) is 0 Å². The molecule has 4 N–H and O–H groups in total. The Morgan fingerprint density at radius 3 is 2.30 bits per heavy atom. The molecule has 0 aliphatic carbocycles. The van der Waals surface area contributed by atoms with E-state index < -0.39 is 21.8 Å². The predicted octanol–water partition coefficient (Wildman–Crippen LogP) is 2.14. The number of primary sulfonamides is 1. The second-order valence-electron chi connectivity index (χ2n) is 7.54. The number of hydrogen-bond donors (Lipinski definition) is 3. The molecule has 0 unspecified atom stereocenters. The summed E-state index contributed by atoms with van der Waals surface area (Å²) in [6.07, 6.45) is 0. The summed E-state index contributed by atoms with van der Waals surface area (Å²) in [4.78, 5) is 24.8. The maximum absolute atomic E-state index is 12.6. The van der Waals surface area contributed by atoms with Crippen LogP contribution >= 0.6 is 11.8 Å². The normalized spacial score (nSPS) is 11.1. The van der Waals surface area contributed by atoms with Crippen molar-refractivity contribution in [2.24, 2.45) is 5.14 Å². The zero-order valence-corrected chi connectivity index (χ0v) is 21.1. The van der Waals surface area contributed by atoms with Crippen molar-refractivity contribution in [1.29, 1.82) is 0 Å². The Bertz CT molecular complexity index is 1530. The molecule has 0 bridgehead atoms. The highest BCUT2D eigenvalue weighted by molar-refractivity contribution is 7.99. The van der Waals surface area contributed by atoms with Gasteiger partial charge >= 0.3 is 0 Å². The van der Waals surface area contributed by atoms with Gasteiger partial charge in [-0.1, -0.05) is 60.3 Å². The van der Waals surface area contributed by atoms with Crippen molar-refractivity contribution in [2.45, 2.75) is 10.1 Å². The molecule has 0 aliphatic heterocycles.